The Morgan fingerprint density at radius 2 is 1.87 bits per heavy atom. The third kappa shape index (κ3) is 4.30. The van der Waals surface area contributed by atoms with Crippen LogP contribution in [-0.4, -0.2) is 11.7 Å². The molecule has 0 aromatic heterocycles. The zero-order valence-electron chi connectivity index (χ0n) is 9.45. The molecular formula is C14H20O. The third-order valence-electron chi connectivity index (χ3n) is 2.64. The zero-order valence-corrected chi connectivity index (χ0v) is 9.45. The third-order valence-corrected chi connectivity index (χ3v) is 2.64. The fraction of sp³-hybridized carbons (Fsp3) is 0.429. The summed E-state index contributed by atoms with van der Waals surface area (Å²) < 4.78 is 0. The van der Waals surface area contributed by atoms with Gasteiger partial charge in [-0.05, 0) is 36.3 Å². The molecule has 1 unspecified atom stereocenters. The van der Waals surface area contributed by atoms with Gasteiger partial charge in [-0.2, -0.15) is 0 Å². The number of hydrogen-bond donors (Lipinski definition) is 1. The molecule has 1 heteroatoms. The van der Waals surface area contributed by atoms with Crippen molar-refractivity contribution in [2.75, 3.05) is 6.61 Å². The van der Waals surface area contributed by atoms with E-state index in [1.54, 1.807) is 0 Å². The van der Waals surface area contributed by atoms with Crippen molar-refractivity contribution in [1.29, 1.82) is 0 Å². The second-order valence-corrected chi connectivity index (χ2v) is 4.14. The fourth-order valence-electron chi connectivity index (χ4n) is 1.51. The van der Waals surface area contributed by atoms with Gasteiger partial charge in [0.2, 0.25) is 0 Å². The van der Waals surface area contributed by atoms with Crippen LogP contribution in [0.15, 0.2) is 36.9 Å². The summed E-state index contributed by atoms with van der Waals surface area (Å²) in [7, 11) is 0. The summed E-state index contributed by atoms with van der Waals surface area (Å²) in [5.74, 6) is 0.401. The number of benzene rings is 1. The van der Waals surface area contributed by atoms with E-state index in [0.29, 0.717) is 5.92 Å². The van der Waals surface area contributed by atoms with E-state index in [1.165, 1.54) is 11.1 Å². The first-order valence-corrected chi connectivity index (χ1v) is 5.56. The van der Waals surface area contributed by atoms with E-state index in [2.05, 4.69) is 37.8 Å². The molecule has 0 amide bonds. The lowest BCUT2D eigenvalue weighted by molar-refractivity contribution is 0.230. The van der Waals surface area contributed by atoms with E-state index in [0.717, 1.165) is 19.3 Å². The monoisotopic (exact) mass is 204 g/mol. The maximum Gasteiger partial charge on any atom is 0.0456 e. The van der Waals surface area contributed by atoms with E-state index >= 15 is 0 Å². The van der Waals surface area contributed by atoms with Crippen LogP contribution in [0.5, 0.6) is 0 Å². The van der Waals surface area contributed by atoms with E-state index in [1.807, 2.05) is 6.08 Å². The summed E-state index contributed by atoms with van der Waals surface area (Å²) in [5.41, 5.74) is 2.66. The van der Waals surface area contributed by atoms with Gasteiger partial charge in [0, 0.05) is 6.61 Å². The molecule has 0 aliphatic heterocycles. The first-order valence-electron chi connectivity index (χ1n) is 5.56. The van der Waals surface area contributed by atoms with E-state index in [-0.39, 0.29) is 6.61 Å². The summed E-state index contributed by atoms with van der Waals surface area (Å²) in [6.45, 7) is 6.08. The lowest BCUT2D eigenvalue weighted by Crippen LogP contribution is -2.02. The molecule has 1 N–H and O–H groups in total. The van der Waals surface area contributed by atoms with Crippen LogP contribution in [0.4, 0.5) is 0 Å². The molecule has 0 bridgehead atoms. The van der Waals surface area contributed by atoms with E-state index < -0.39 is 0 Å². The van der Waals surface area contributed by atoms with Gasteiger partial charge in [-0.15, -0.1) is 6.58 Å². The highest BCUT2D eigenvalue weighted by Crippen LogP contribution is 2.11. The van der Waals surface area contributed by atoms with Crippen molar-refractivity contribution >= 4 is 0 Å². The normalized spacial score (nSPS) is 12.4. The minimum Gasteiger partial charge on any atom is -0.396 e. The van der Waals surface area contributed by atoms with Crippen molar-refractivity contribution in [2.24, 2.45) is 5.92 Å². The molecule has 82 valence electrons. The Morgan fingerprint density at radius 1 is 1.27 bits per heavy atom. The van der Waals surface area contributed by atoms with Crippen LogP contribution < -0.4 is 0 Å². The van der Waals surface area contributed by atoms with Crippen LogP contribution in [0.2, 0.25) is 0 Å². The van der Waals surface area contributed by atoms with E-state index in [4.69, 9.17) is 5.11 Å². The van der Waals surface area contributed by atoms with Gasteiger partial charge in [0.25, 0.3) is 0 Å². The van der Waals surface area contributed by atoms with Crippen LogP contribution in [0.25, 0.3) is 0 Å². The van der Waals surface area contributed by atoms with Crippen molar-refractivity contribution in [3.63, 3.8) is 0 Å². The summed E-state index contributed by atoms with van der Waals surface area (Å²) in [6, 6.07) is 8.65. The highest BCUT2D eigenvalue weighted by Gasteiger charge is 2.00. The summed E-state index contributed by atoms with van der Waals surface area (Å²) >= 11 is 0. The van der Waals surface area contributed by atoms with Crippen molar-refractivity contribution in [2.45, 2.75) is 26.2 Å². The zero-order chi connectivity index (χ0) is 11.1. The Hall–Kier alpha value is -1.08. The number of aliphatic hydroxyl groups is 1. The maximum absolute atomic E-state index is 8.92. The van der Waals surface area contributed by atoms with Gasteiger partial charge in [-0.3, -0.25) is 0 Å². The van der Waals surface area contributed by atoms with Gasteiger partial charge in [0.05, 0.1) is 0 Å². The lowest BCUT2D eigenvalue weighted by atomic mass is 10.0. The van der Waals surface area contributed by atoms with Crippen LogP contribution in [0.1, 0.15) is 24.5 Å². The molecule has 0 radical (unpaired) electrons. The summed E-state index contributed by atoms with van der Waals surface area (Å²) in [4.78, 5) is 0. The molecule has 0 saturated heterocycles. The molecule has 0 fully saturated rings. The first-order chi connectivity index (χ1) is 7.26. The number of allylic oxidation sites excluding steroid dienone is 1. The number of rotatable bonds is 6. The SMILES string of the molecule is C=CCc1ccc(CCC(C)CO)cc1. The highest BCUT2D eigenvalue weighted by molar-refractivity contribution is 5.24. The van der Waals surface area contributed by atoms with Crippen molar-refractivity contribution in [3.8, 4) is 0 Å². The van der Waals surface area contributed by atoms with Crippen LogP contribution in [0.3, 0.4) is 0 Å². The van der Waals surface area contributed by atoms with E-state index in [9.17, 15) is 0 Å². The standard InChI is InChI=1S/C14H20O/c1-3-4-13-7-9-14(10-8-13)6-5-12(2)11-15/h3,7-10,12,15H,1,4-6,11H2,2H3. The van der Waals surface area contributed by atoms with Gasteiger partial charge in [-0.25, -0.2) is 0 Å². The molecule has 0 aliphatic carbocycles. The Kier molecular flexibility index (Phi) is 5.13. The Balaban J connectivity index is 2.45. The molecule has 0 saturated carbocycles. The van der Waals surface area contributed by atoms with Crippen LogP contribution in [-0.2, 0) is 12.8 Å². The number of hydrogen-bond acceptors (Lipinski definition) is 1. The van der Waals surface area contributed by atoms with Crippen molar-refractivity contribution in [1.82, 2.24) is 0 Å². The van der Waals surface area contributed by atoms with Gasteiger partial charge in [0.1, 0.15) is 0 Å². The molecular weight excluding hydrogens is 184 g/mol. The minimum absolute atomic E-state index is 0.286. The summed E-state index contributed by atoms with van der Waals surface area (Å²) in [5, 5.41) is 8.92. The first kappa shape index (κ1) is 12.0. The second-order valence-electron chi connectivity index (χ2n) is 4.14. The topological polar surface area (TPSA) is 20.2 Å². The van der Waals surface area contributed by atoms with Crippen LogP contribution >= 0.6 is 0 Å². The lowest BCUT2D eigenvalue weighted by Gasteiger charge is -2.07. The van der Waals surface area contributed by atoms with Crippen molar-refractivity contribution in [3.05, 3.63) is 48.0 Å². The Labute approximate surface area is 92.5 Å². The molecule has 1 aromatic rings. The van der Waals surface area contributed by atoms with Crippen molar-refractivity contribution < 1.29 is 5.11 Å². The Bertz CT molecular complexity index is 287. The number of aryl methyl sites for hydroxylation is 1. The average Bonchev–Trinajstić information content (AvgIpc) is 2.28. The minimum atomic E-state index is 0.286. The van der Waals surface area contributed by atoms with Gasteiger partial charge in [0.15, 0.2) is 0 Å². The number of aliphatic hydroxyl groups excluding tert-OH is 1. The molecule has 1 atom stereocenters. The average molecular weight is 204 g/mol. The molecule has 0 spiro atoms. The molecule has 0 heterocycles. The molecule has 1 rings (SSSR count). The molecule has 0 aliphatic rings. The quantitative estimate of drug-likeness (QED) is 0.706. The van der Waals surface area contributed by atoms with Gasteiger partial charge < -0.3 is 5.11 Å². The molecule has 1 aromatic carbocycles. The largest absolute Gasteiger partial charge is 0.396 e. The molecule has 1 nitrogen and oxygen atoms in total. The van der Waals surface area contributed by atoms with Gasteiger partial charge in [-0.1, -0.05) is 37.3 Å². The second kappa shape index (κ2) is 6.41. The summed E-state index contributed by atoms with van der Waals surface area (Å²) in [6.07, 6.45) is 4.96. The van der Waals surface area contributed by atoms with Crippen LogP contribution in [0, 0.1) is 5.92 Å². The predicted molar refractivity (Wildman–Crippen MR) is 64.9 cm³/mol. The smallest absolute Gasteiger partial charge is 0.0456 e. The fourth-order valence-corrected chi connectivity index (χ4v) is 1.51. The molecule has 15 heavy (non-hydrogen) atoms. The van der Waals surface area contributed by atoms with Gasteiger partial charge >= 0.3 is 0 Å². The predicted octanol–water partition coefficient (Wildman–Crippen LogP) is 2.98. The Morgan fingerprint density at radius 3 is 2.40 bits per heavy atom. The maximum atomic E-state index is 8.92. The highest BCUT2D eigenvalue weighted by atomic mass is 16.3.